The lowest BCUT2D eigenvalue weighted by atomic mass is 10.1. The van der Waals surface area contributed by atoms with Crippen LogP contribution in [0.4, 0.5) is 15.2 Å². The van der Waals surface area contributed by atoms with Gasteiger partial charge in [0.2, 0.25) is 11.8 Å². The first-order chi connectivity index (χ1) is 15.4. The van der Waals surface area contributed by atoms with E-state index in [2.05, 4.69) is 15.6 Å². The van der Waals surface area contributed by atoms with Crippen molar-refractivity contribution in [3.8, 4) is 11.3 Å². The van der Waals surface area contributed by atoms with Gasteiger partial charge in [-0.15, -0.1) is 11.3 Å². The molecule has 0 aliphatic carbocycles. The van der Waals surface area contributed by atoms with Crippen LogP contribution < -0.4 is 10.6 Å². The van der Waals surface area contributed by atoms with E-state index in [4.69, 9.17) is 0 Å². The van der Waals surface area contributed by atoms with Crippen LogP contribution in [-0.4, -0.2) is 40.2 Å². The van der Waals surface area contributed by atoms with Crippen molar-refractivity contribution in [3.63, 3.8) is 0 Å². The monoisotopic (exact) mass is 452 g/mol. The summed E-state index contributed by atoms with van der Waals surface area (Å²) in [5.74, 6) is -1.31. The van der Waals surface area contributed by atoms with E-state index < -0.39 is 11.9 Å². The predicted molar refractivity (Wildman–Crippen MR) is 121 cm³/mol. The minimum absolute atomic E-state index is 0.176. The largest absolute Gasteiger partial charge is 0.327 e. The van der Waals surface area contributed by atoms with Crippen molar-refractivity contribution in [1.82, 2.24) is 9.88 Å². The summed E-state index contributed by atoms with van der Waals surface area (Å²) in [5, 5.41) is 7.26. The van der Waals surface area contributed by atoms with Crippen LogP contribution in [0.15, 0.2) is 53.9 Å². The molecule has 3 aromatic rings. The molecule has 2 N–H and O–H groups in total. The van der Waals surface area contributed by atoms with Gasteiger partial charge in [-0.05, 0) is 43.2 Å². The summed E-state index contributed by atoms with van der Waals surface area (Å²) in [4.78, 5) is 42.7. The van der Waals surface area contributed by atoms with Gasteiger partial charge in [0.15, 0.2) is 5.13 Å². The second-order valence-corrected chi connectivity index (χ2v) is 8.28. The number of halogens is 1. The van der Waals surface area contributed by atoms with E-state index >= 15 is 0 Å². The van der Waals surface area contributed by atoms with Crippen LogP contribution in [0.1, 0.15) is 30.1 Å². The van der Waals surface area contributed by atoms with Gasteiger partial charge in [-0.3, -0.25) is 14.4 Å². The average Bonchev–Trinajstić information content (AvgIpc) is 3.43. The van der Waals surface area contributed by atoms with Crippen LogP contribution >= 0.6 is 11.3 Å². The molecule has 7 nitrogen and oxygen atoms in total. The molecule has 1 saturated heterocycles. The van der Waals surface area contributed by atoms with E-state index in [1.807, 2.05) is 6.07 Å². The quantitative estimate of drug-likeness (QED) is 0.608. The lowest BCUT2D eigenvalue weighted by molar-refractivity contribution is -0.119. The van der Waals surface area contributed by atoms with Crippen LogP contribution in [0.2, 0.25) is 0 Å². The third-order valence-corrected chi connectivity index (χ3v) is 5.89. The Morgan fingerprint density at radius 1 is 1.12 bits per heavy atom. The first-order valence-corrected chi connectivity index (χ1v) is 11.0. The van der Waals surface area contributed by atoms with Gasteiger partial charge in [0, 0.05) is 35.7 Å². The van der Waals surface area contributed by atoms with Crippen LogP contribution in [0.25, 0.3) is 11.3 Å². The Balaban J connectivity index is 1.46. The fourth-order valence-electron chi connectivity index (χ4n) is 3.68. The normalized spacial score (nSPS) is 15.4. The Morgan fingerprint density at radius 3 is 2.62 bits per heavy atom. The Hall–Kier alpha value is -3.59. The molecule has 3 amide bonds. The van der Waals surface area contributed by atoms with Crippen LogP contribution in [0.5, 0.6) is 0 Å². The van der Waals surface area contributed by atoms with Crippen molar-refractivity contribution in [2.75, 3.05) is 17.2 Å². The highest BCUT2D eigenvalue weighted by molar-refractivity contribution is 7.14. The van der Waals surface area contributed by atoms with E-state index in [9.17, 15) is 18.8 Å². The fraction of sp³-hybridized carbons (Fsp3) is 0.217. The van der Waals surface area contributed by atoms with Gasteiger partial charge in [0.1, 0.15) is 11.9 Å². The molecule has 1 atom stereocenters. The van der Waals surface area contributed by atoms with Gasteiger partial charge < -0.3 is 15.5 Å². The van der Waals surface area contributed by atoms with Gasteiger partial charge in [-0.25, -0.2) is 9.37 Å². The third kappa shape index (κ3) is 4.67. The average molecular weight is 453 g/mol. The molecule has 1 aliphatic rings. The molecular formula is C23H21FN4O3S. The second kappa shape index (κ2) is 9.27. The first kappa shape index (κ1) is 21.6. The summed E-state index contributed by atoms with van der Waals surface area (Å²) in [6, 6.07) is 12.6. The molecule has 32 heavy (non-hydrogen) atoms. The van der Waals surface area contributed by atoms with Crippen LogP contribution in [0, 0.1) is 5.82 Å². The summed E-state index contributed by atoms with van der Waals surface area (Å²) in [6.45, 7) is 1.86. The third-order valence-electron chi connectivity index (χ3n) is 5.14. The van der Waals surface area contributed by atoms with Crippen molar-refractivity contribution in [2.24, 2.45) is 0 Å². The van der Waals surface area contributed by atoms with E-state index in [1.54, 1.807) is 40.6 Å². The molecule has 0 radical (unpaired) electrons. The zero-order valence-corrected chi connectivity index (χ0v) is 18.1. The summed E-state index contributed by atoms with van der Waals surface area (Å²) in [7, 11) is 0. The number of anilines is 2. The molecule has 4 rings (SSSR count). The molecule has 1 fully saturated rings. The maximum atomic E-state index is 14.5. The molecule has 2 heterocycles. The molecule has 1 aromatic heterocycles. The number of aromatic nitrogens is 1. The SMILES string of the molecule is CC(=O)Nc1ccc(-c2csc(NC(=O)[C@H]3CCCN3C(=O)c3ccccc3)n2)c(F)c1. The number of nitrogens with one attached hydrogen (secondary N) is 2. The van der Waals surface area contributed by atoms with E-state index in [-0.39, 0.29) is 23.3 Å². The number of hydrogen-bond acceptors (Lipinski definition) is 5. The molecule has 0 saturated carbocycles. The highest BCUT2D eigenvalue weighted by Crippen LogP contribution is 2.29. The van der Waals surface area contributed by atoms with Crippen molar-refractivity contribution in [1.29, 1.82) is 0 Å². The maximum Gasteiger partial charge on any atom is 0.254 e. The van der Waals surface area contributed by atoms with Crippen molar-refractivity contribution < 1.29 is 18.8 Å². The molecule has 9 heteroatoms. The second-order valence-electron chi connectivity index (χ2n) is 7.43. The molecule has 2 aromatic carbocycles. The van der Waals surface area contributed by atoms with Crippen LogP contribution in [-0.2, 0) is 9.59 Å². The topological polar surface area (TPSA) is 91.4 Å². The smallest absolute Gasteiger partial charge is 0.254 e. The molecule has 1 aliphatic heterocycles. The lowest BCUT2D eigenvalue weighted by Crippen LogP contribution is -2.43. The number of likely N-dealkylation sites (tertiary alicyclic amines) is 1. The Kier molecular flexibility index (Phi) is 6.27. The number of nitrogens with zero attached hydrogens (tertiary/aromatic N) is 2. The van der Waals surface area contributed by atoms with Gasteiger partial charge >= 0.3 is 0 Å². The number of carbonyl (C=O) groups excluding carboxylic acids is 3. The maximum absolute atomic E-state index is 14.5. The summed E-state index contributed by atoms with van der Waals surface area (Å²) < 4.78 is 14.5. The number of thiazole rings is 1. The van der Waals surface area contributed by atoms with E-state index in [0.717, 1.165) is 6.42 Å². The fourth-order valence-corrected chi connectivity index (χ4v) is 4.39. The number of benzene rings is 2. The van der Waals surface area contributed by atoms with Gasteiger partial charge in [0.05, 0.1) is 5.69 Å². The molecule has 164 valence electrons. The highest BCUT2D eigenvalue weighted by atomic mass is 32.1. The summed E-state index contributed by atoms with van der Waals surface area (Å²) in [6.07, 6.45) is 1.31. The molecule has 0 spiro atoms. The zero-order valence-electron chi connectivity index (χ0n) is 17.3. The van der Waals surface area contributed by atoms with Crippen molar-refractivity contribution >= 4 is 39.9 Å². The first-order valence-electron chi connectivity index (χ1n) is 10.1. The number of rotatable bonds is 5. The van der Waals surface area contributed by atoms with Gasteiger partial charge in [0.25, 0.3) is 5.91 Å². The molecular weight excluding hydrogens is 431 g/mol. The number of hydrogen-bond donors (Lipinski definition) is 2. The van der Waals surface area contributed by atoms with Gasteiger partial charge in [-0.2, -0.15) is 0 Å². The Bertz CT molecular complexity index is 1170. The van der Waals surface area contributed by atoms with E-state index in [0.29, 0.717) is 35.0 Å². The highest BCUT2D eigenvalue weighted by Gasteiger charge is 2.34. The van der Waals surface area contributed by atoms with Crippen LogP contribution in [0.3, 0.4) is 0 Å². The summed E-state index contributed by atoms with van der Waals surface area (Å²) >= 11 is 1.18. The zero-order chi connectivity index (χ0) is 22.7. The number of carbonyl (C=O) groups is 3. The van der Waals surface area contributed by atoms with Crippen molar-refractivity contribution in [2.45, 2.75) is 25.8 Å². The minimum Gasteiger partial charge on any atom is -0.327 e. The van der Waals surface area contributed by atoms with E-state index in [1.165, 1.54) is 30.4 Å². The minimum atomic E-state index is -0.580. The number of amides is 3. The lowest BCUT2D eigenvalue weighted by Gasteiger charge is -2.23. The molecule has 0 bridgehead atoms. The predicted octanol–water partition coefficient (Wildman–Crippen LogP) is 4.15. The van der Waals surface area contributed by atoms with Gasteiger partial charge in [-0.1, -0.05) is 18.2 Å². The Morgan fingerprint density at radius 2 is 1.91 bits per heavy atom. The standard InChI is InChI=1S/C23H21FN4O3S/c1-14(29)25-16-9-10-17(18(24)12-16)19-13-32-23(26-19)27-21(30)20-8-5-11-28(20)22(31)15-6-3-2-4-7-15/h2-4,6-7,9-10,12-13,20H,5,8,11H2,1H3,(H,25,29)(H,26,27,30)/t20-/m1/s1. The molecule has 0 unspecified atom stereocenters. The Labute approximate surface area is 188 Å². The van der Waals surface area contributed by atoms with Crippen molar-refractivity contribution in [3.05, 3.63) is 65.3 Å². The summed E-state index contributed by atoms with van der Waals surface area (Å²) in [5.41, 5.74) is 1.53.